The zero-order valence-corrected chi connectivity index (χ0v) is 18.8. The van der Waals surface area contributed by atoms with Crippen LogP contribution in [-0.2, 0) is 11.3 Å². The zero-order chi connectivity index (χ0) is 24.0. The predicted octanol–water partition coefficient (Wildman–Crippen LogP) is 5.49. The zero-order valence-electron chi connectivity index (χ0n) is 18.8. The molecule has 8 nitrogen and oxygen atoms in total. The topological polar surface area (TPSA) is 96.8 Å². The fourth-order valence-corrected chi connectivity index (χ4v) is 3.74. The van der Waals surface area contributed by atoms with Crippen molar-refractivity contribution in [1.82, 2.24) is 19.5 Å². The summed E-state index contributed by atoms with van der Waals surface area (Å²) in [5.41, 5.74) is 4.65. The lowest BCUT2D eigenvalue weighted by Gasteiger charge is -2.10. The number of carbonyl (C=O) groups excluding carboxylic acids is 1. The number of hydrogen-bond acceptors (Lipinski definition) is 6. The van der Waals surface area contributed by atoms with E-state index >= 15 is 0 Å². The molecule has 0 aliphatic rings. The first-order chi connectivity index (χ1) is 17.2. The molecule has 0 spiro atoms. The third-order valence-electron chi connectivity index (χ3n) is 5.37. The standard InChI is InChI=1S/C27H23N7O/c1-2-25(35)30-21-9-6-10-22(16-21)31-26-28-18-29-27(33-26)32-23-11-12-24-20(15-23)13-14-34(24)17-19-7-4-3-5-8-19/h2-16,18H,1,17H2,(H,30,35)(H2,28,29,31,32,33). The molecule has 35 heavy (non-hydrogen) atoms. The summed E-state index contributed by atoms with van der Waals surface area (Å²) in [6, 6.07) is 25.9. The third kappa shape index (κ3) is 5.33. The Morgan fingerprint density at radius 2 is 1.60 bits per heavy atom. The highest BCUT2D eigenvalue weighted by Gasteiger charge is 2.07. The molecular formula is C27H23N7O. The van der Waals surface area contributed by atoms with Crippen LogP contribution < -0.4 is 16.0 Å². The summed E-state index contributed by atoms with van der Waals surface area (Å²) in [4.78, 5) is 24.4. The monoisotopic (exact) mass is 461 g/mol. The molecule has 0 saturated carbocycles. The summed E-state index contributed by atoms with van der Waals surface area (Å²) in [6.45, 7) is 4.28. The number of fused-ring (bicyclic) bond motifs is 1. The fourth-order valence-electron chi connectivity index (χ4n) is 3.74. The molecule has 0 saturated heterocycles. The van der Waals surface area contributed by atoms with E-state index in [-0.39, 0.29) is 5.91 Å². The van der Waals surface area contributed by atoms with Gasteiger partial charge in [0.1, 0.15) is 6.33 Å². The SMILES string of the molecule is C=CC(=O)Nc1cccc(Nc2ncnc(Nc3ccc4c(ccn4Cc4ccccc4)c3)n2)c1. The first kappa shape index (κ1) is 21.8. The van der Waals surface area contributed by atoms with Crippen LogP contribution >= 0.6 is 0 Å². The highest BCUT2D eigenvalue weighted by molar-refractivity contribution is 5.99. The minimum Gasteiger partial charge on any atom is -0.343 e. The lowest BCUT2D eigenvalue weighted by atomic mass is 10.2. The van der Waals surface area contributed by atoms with E-state index in [0.29, 0.717) is 17.6 Å². The number of carbonyl (C=O) groups is 1. The Balaban J connectivity index is 1.29. The maximum absolute atomic E-state index is 11.5. The molecule has 0 radical (unpaired) electrons. The second-order valence-corrected chi connectivity index (χ2v) is 7.86. The van der Waals surface area contributed by atoms with Gasteiger partial charge in [0, 0.05) is 40.7 Å². The Labute approximate surface area is 202 Å². The van der Waals surface area contributed by atoms with Crippen molar-refractivity contribution in [2.24, 2.45) is 0 Å². The van der Waals surface area contributed by atoms with E-state index < -0.39 is 0 Å². The van der Waals surface area contributed by atoms with Crippen LogP contribution in [0.25, 0.3) is 10.9 Å². The number of amides is 1. The van der Waals surface area contributed by atoms with Crippen molar-refractivity contribution >= 4 is 45.8 Å². The molecule has 2 heterocycles. The van der Waals surface area contributed by atoms with Crippen molar-refractivity contribution in [3.8, 4) is 0 Å². The minimum atomic E-state index is -0.277. The second-order valence-electron chi connectivity index (χ2n) is 7.86. The first-order valence-electron chi connectivity index (χ1n) is 11.1. The van der Waals surface area contributed by atoms with E-state index in [0.717, 1.165) is 28.8 Å². The van der Waals surface area contributed by atoms with Crippen molar-refractivity contribution in [3.63, 3.8) is 0 Å². The molecule has 0 aliphatic heterocycles. The van der Waals surface area contributed by atoms with Gasteiger partial charge in [-0.2, -0.15) is 4.98 Å². The highest BCUT2D eigenvalue weighted by Crippen LogP contribution is 2.24. The van der Waals surface area contributed by atoms with Crippen LogP contribution in [0, 0.1) is 0 Å². The van der Waals surface area contributed by atoms with Gasteiger partial charge in [-0.1, -0.05) is 43.0 Å². The Kier molecular flexibility index (Phi) is 6.17. The van der Waals surface area contributed by atoms with Gasteiger partial charge in [-0.05, 0) is 54.1 Å². The van der Waals surface area contributed by atoms with Gasteiger partial charge in [-0.3, -0.25) is 4.79 Å². The van der Waals surface area contributed by atoms with Gasteiger partial charge in [-0.25, -0.2) is 9.97 Å². The molecule has 0 bridgehead atoms. The van der Waals surface area contributed by atoms with Crippen molar-refractivity contribution in [3.05, 3.63) is 110 Å². The number of rotatable bonds is 8. The molecule has 0 aliphatic carbocycles. The van der Waals surface area contributed by atoms with Crippen LogP contribution in [0.2, 0.25) is 0 Å². The average molecular weight is 462 g/mol. The maximum Gasteiger partial charge on any atom is 0.247 e. The van der Waals surface area contributed by atoms with Crippen LogP contribution in [-0.4, -0.2) is 25.4 Å². The van der Waals surface area contributed by atoms with Crippen molar-refractivity contribution in [2.45, 2.75) is 6.54 Å². The minimum absolute atomic E-state index is 0.277. The van der Waals surface area contributed by atoms with Crippen LogP contribution in [0.5, 0.6) is 0 Å². The molecule has 172 valence electrons. The van der Waals surface area contributed by atoms with E-state index in [4.69, 9.17) is 0 Å². The summed E-state index contributed by atoms with van der Waals surface area (Å²) in [5, 5.41) is 10.2. The van der Waals surface area contributed by atoms with Crippen LogP contribution in [0.4, 0.5) is 29.0 Å². The Morgan fingerprint density at radius 1 is 0.857 bits per heavy atom. The lowest BCUT2D eigenvalue weighted by molar-refractivity contribution is -0.111. The smallest absolute Gasteiger partial charge is 0.247 e. The van der Waals surface area contributed by atoms with Crippen molar-refractivity contribution in [1.29, 1.82) is 0 Å². The van der Waals surface area contributed by atoms with Gasteiger partial charge in [0.25, 0.3) is 0 Å². The first-order valence-corrected chi connectivity index (χ1v) is 11.1. The molecule has 3 aromatic carbocycles. The summed E-state index contributed by atoms with van der Waals surface area (Å²) in [7, 11) is 0. The summed E-state index contributed by atoms with van der Waals surface area (Å²) in [6.07, 6.45) is 4.76. The molecule has 2 aromatic heterocycles. The molecule has 5 aromatic rings. The van der Waals surface area contributed by atoms with Crippen LogP contribution in [0.15, 0.2) is 104 Å². The number of aromatic nitrogens is 4. The molecular weight excluding hydrogens is 438 g/mol. The lowest BCUT2D eigenvalue weighted by Crippen LogP contribution is -2.07. The quantitative estimate of drug-likeness (QED) is 0.265. The van der Waals surface area contributed by atoms with Crippen molar-refractivity contribution in [2.75, 3.05) is 16.0 Å². The number of nitrogens with one attached hydrogen (secondary N) is 3. The number of benzene rings is 3. The van der Waals surface area contributed by atoms with E-state index in [1.165, 1.54) is 18.0 Å². The fraction of sp³-hybridized carbons (Fsp3) is 0.0370. The second kappa shape index (κ2) is 9.88. The molecule has 3 N–H and O–H groups in total. The Bertz CT molecular complexity index is 1490. The number of nitrogens with zero attached hydrogens (tertiary/aromatic N) is 4. The predicted molar refractivity (Wildman–Crippen MR) is 139 cm³/mol. The van der Waals surface area contributed by atoms with Gasteiger partial charge < -0.3 is 20.5 Å². The van der Waals surface area contributed by atoms with E-state index in [1.807, 2.05) is 24.3 Å². The highest BCUT2D eigenvalue weighted by atomic mass is 16.1. The molecule has 0 unspecified atom stereocenters. The van der Waals surface area contributed by atoms with Crippen molar-refractivity contribution < 1.29 is 4.79 Å². The largest absolute Gasteiger partial charge is 0.343 e. The van der Waals surface area contributed by atoms with E-state index in [1.54, 1.807) is 12.1 Å². The summed E-state index contributed by atoms with van der Waals surface area (Å²) < 4.78 is 2.23. The summed E-state index contributed by atoms with van der Waals surface area (Å²) in [5.74, 6) is 0.521. The molecule has 0 atom stereocenters. The molecule has 1 amide bonds. The number of hydrogen-bond donors (Lipinski definition) is 3. The van der Waals surface area contributed by atoms with Gasteiger partial charge in [0.05, 0.1) is 0 Å². The average Bonchev–Trinajstić information content (AvgIpc) is 3.27. The third-order valence-corrected chi connectivity index (χ3v) is 5.37. The molecule has 5 rings (SSSR count). The maximum atomic E-state index is 11.5. The van der Waals surface area contributed by atoms with E-state index in [2.05, 4.69) is 90.7 Å². The van der Waals surface area contributed by atoms with Crippen LogP contribution in [0.3, 0.4) is 0 Å². The van der Waals surface area contributed by atoms with Crippen LogP contribution in [0.1, 0.15) is 5.56 Å². The van der Waals surface area contributed by atoms with Gasteiger partial charge >= 0.3 is 0 Å². The van der Waals surface area contributed by atoms with Gasteiger partial charge in [0.2, 0.25) is 17.8 Å². The van der Waals surface area contributed by atoms with Gasteiger partial charge in [0.15, 0.2) is 0 Å². The van der Waals surface area contributed by atoms with E-state index in [9.17, 15) is 4.79 Å². The molecule has 0 fully saturated rings. The summed E-state index contributed by atoms with van der Waals surface area (Å²) >= 11 is 0. The van der Waals surface area contributed by atoms with Gasteiger partial charge in [-0.15, -0.1) is 0 Å². The Morgan fingerprint density at radius 3 is 2.37 bits per heavy atom. The number of anilines is 5. The Hall–Kier alpha value is -4.98. The normalized spacial score (nSPS) is 10.6. The molecule has 8 heteroatoms.